The summed E-state index contributed by atoms with van der Waals surface area (Å²) in [6, 6.07) is 14.7. The Bertz CT molecular complexity index is 860. The van der Waals surface area contributed by atoms with Gasteiger partial charge in [0.25, 0.3) is 0 Å². The third-order valence-electron chi connectivity index (χ3n) is 3.22. The summed E-state index contributed by atoms with van der Waals surface area (Å²) in [6.07, 6.45) is 0. The van der Waals surface area contributed by atoms with Crippen molar-refractivity contribution in [1.29, 1.82) is 0 Å². The number of nitrogen functional groups attached to an aromatic ring is 1. The van der Waals surface area contributed by atoms with Gasteiger partial charge in [-0.3, -0.25) is 0 Å². The van der Waals surface area contributed by atoms with Crippen LogP contribution in [0, 0.1) is 6.92 Å². The molecule has 1 aromatic heterocycles. The lowest BCUT2D eigenvalue weighted by molar-refractivity contribution is 0.0701. The lowest BCUT2D eigenvalue weighted by Gasteiger charge is -2.09. The van der Waals surface area contributed by atoms with Gasteiger partial charge in [0.1, 0.15) is 21.4 Å². The maximum Gasteiger partial charge on any atom is 0.347 e. The molecule has 3 rings (SSSR count). The molecule has 6 heteroatoms. The maximum absolute atomic E-state index is 11.1. The van der Waals surface area contributed by atoms with E-state index in [1.54, 1.807) is 19.1 Å². The van der Waals surface area contributed by atoms with Gasteiger partial charge in [-0.15, -0.1) is 11.3 Å². The van der Waals surface area contributed by atoms with E-state index < -0.39 is 5.97 Å². The second-order valence-corrected chi connectivity index (χ2v) is 5.91. The number of carboxylic acids is 1. The molecular weight excluding hydrogens is 312 g/mol. The first-order valence-electron chi connectivity index (χ1n) is 6.88. The Kier molecular flexibility index (Phi) is 3.99. The molecule has 0 aliphatic heterocycles. The van der Waals surface area contributed by atoms with Gasteiger partial charge in [0.2, 0.25) is 0 Å². The number of nitrogens with zero attached hydrogens (tertiary/aromatic N) is 1. The Morgan fingerprint density at radius 1 is 1.22 bits per heavy atom. The summed E-state index contributed by atoms with van der Waals surface area (Å²) in [7, 11) is 0. The zero-order valence-corrected chi connectivity index (χ0v) is 13.1. The molecule has 0 bridgehead atoms. The van der Waals surface area contributed by atoms with Crippen LogP contribution < -0.4 is 10.5 Å². The van der Waals surface area contributed by atoms with E-state index in [2.05, 4.69) is 4.98 Å². The number of aryl methyl sites for hydroxylation is 1. The highest BCUT2D eigenvalue weighted by atomic mass is 32.1. The van der Waals surface area contributed by atoms with E-state index in [1.165, 1.54) is 0 Å². The predicted molar refractivity (Wildman–Crippen MR) is 90.2 cm³/mol. The van der Waals surface area contributed by atoms with Crippen LogP contribution in [0.5, 0.6) is 11.5 Å². The van der Waals surface area contributed by atoms with E-state index in [0.29, 0.717) is 27.9 Å². The quantitative estimate of drug-likeness (QED) is 0.702. The summed E-state index contributed by atoms with van der Waals surface area (Å²) >= 11 is 1.13. The van der Waals surface area contributed by atoms with E-state index in [9.17, 15) is 4.79 Å². The molecule has 0 fully saturated rings. The molecule has 1 heterocycles. The van der Waals surface area contributed by atoms with Crippen molar-refractivity contribution in [2.75, 3.05) is 5.73 Å². The lowest BCUT2D eigenvalue weighted by atomic mass is 10.2. The molecule has 0 saturated heterocycles. The molecule has 5 nitrogen and oxygen atoms in total. The number of thiazole rings is 1. The van der Waals surface area contributed by atoms with Gasteiger partial charge in [-0.25, -0.2) is 9.78 Å². The zero-order valence-electron chi connectivity index (χ0n) is 12.3. The van der Waals surface area contributed by atoms with Gasteiger partial charge in [-0.1, -0.05) is 18.2 Å². The van der Waals surface area contributed by atoms with Crippen molar-refractivity contribution < 1.29 is 14.6 Å². The Morgan fingerprint density at radius 2 is 1.96 bits per heavy atom. The van der Waals surface area contributed by atoms with E-state index in [4.69, 9.17) is 15.6 Å². The van der Waals surface area contributed by atoms with E-state index in [-0.39, 0.29) is 4.88 Å². The summed E-state index contributed by atoms with van der Waals surface area (Å²) in [6.45, 7) is 1.68. The molecule has 0 radical (unpaired) electrons. The first kappa shape index (κ1) is 15.1. The predicted octanol–water partition coefficient (Wildman–Crippen LogP) is 4.19. The highest BCUT2D eigenvalue weighted by molar-refractivity contribution is 7.17. The number of benzene rings is 2. The highest BCUT2D eigenvalue weighted by Gasteiger charge is 2.15. The van der Waals surface area contributed by atoms with Crippen molar-refractivity contribution in [1.82, 2.24) is 4.98 Å². The molecule has 3 aromatic rings. The topological polar surface area (TPSA) is 85.4 Å². The summed E-state index contributed by atoms with van der Waals surface area (Å²) < 4.78 is 5.73. The van der Waals surface area contributed by atoms with Crippen LogP contribution in [0.1, 0.15) is 15.4 Å². The first-order chi connectivity index (χ1) is 11.0. The van der Waals surface area contributed by atoms with Gasteiger partial charge >= 0.3 is 5.97 Å². The Labute approximate surface area is 137 Å². The first-order valence-corrected chi connectivity index (χ1v) is 7.70. The van der Waals surface area contributed by atoms with E-state index in [0.717, 1.165) is 16.9 Å². The van der Waals surface area contributed by atoms with Crippen molar-refractivity contribution in [3.63, 3.8) is 0 Å². The molecular formula is C17H14N2O3S. The Morgan fingerprint density at radius 3 is 2.57 bits per heavy atom. The number of ether oxygens (including phenoxy) is 1. The van der Waals surface area contributed by atoms with Gasteiger partial charge in [0.05, 0.1) is 11.4 Å². The molecule has 0 saturated carbocycles. The maximum atomic E-state index is 11.1. The lowest BCUT2D eigenvalue weighted by Crippen LogP contribution is -1.94. The third kappa shape index (κ3) is 3.17. The van der Waals surface area contributed by atoms with E-state index in [1.807, 2.05) is 36.4 Å². The number of nitrogens with two attached hydrogens (primary N) is 1. The molecule has 0 amide bonds. The van der Waals surface area contributed by atoms with Gasteiger partial charge in [-0.05, 0) is 37.3 Å². The third-order valence-corrected chi connectivity index (χ3v) is 4.41. The fourth-order valence-corrected chi connectivity index (χ4v) is 3.01. The minimum Gasteiger partial charge on any atom is -0.477 e. The summed E-state index contributed by atoms with van der Waals surface area (Å²) in [4.78, 5) is 15.7. The van der Waals surface area contributed by atoms with Gasteiger partial charge < -0.3 is 15.6 Å². The summed E-state index contributed by atoms with van der Waals surface area (Å²) in [5, 5.41) is 9.74. The van der Waals surface area contributed by atoms with Crippen molar-refractivity contribution in [3.8, 4) is 22.1 Å². The summed E-state index contributed by atoms with van der Waals surface area (Å²) in [5.74, 6) is 0.278. The summed E-state index contributed by atoms with van der Waals surface area (Å²) in [5.41, 5.74) is 7.78. The van der Waals surface area contributed by atoms with Crippen LogP contribution in [0.2, 0.25) is 0 Å². The molecule has 2 aromatic carbocycles. The number of hydrogen-bond donors (Lipinski definition) is 2. The standard InChI is InChI=1S/C17H14N2O3S/c1-10-15(17(20)21)23-16(19-10)11-7-8-14(13(18)9-11)22-12-5-3-2-4-6-12/h2-9H,18H2,1H3,(H,20,21). The fourth-order valence-electron chi connectivity index (χ4n) is 2.11. The van der Waals surface area contributed by atoms with Crippen LogP contribution in [-0.4, -0.2) is 16.1 Å². The van der Waals surface area contributed by atoms with Crippen LogP contribution in [0.25, 0.3) is 10.6 Å². The monoisotopic (exact) mass is 326 g/mol. The fraction of sp³-hybridized carbons (Fsp3) is 0.0588. The van der Waals surface area contributed by atoms with Crippen molar-refractivity contribution in [2.45, 2.75) is 6.92 Å². The second kappa shape index (κ2) is 6.10. The largest absolute Gasteiger partial charge is 0.477 e. The highest BCUT2D eigenvalue weighted by Crippen LogP contribution is 2.34. The molecule has 0 atom stereocenters. The van der Waals surface area contributed by atoms with E-state index >= 15 is 0 Å². The number of rotatable bonds is 4. The number of hydrogen-bond acceptors (Lipinski definition) is 5. The average Bonchev–Trinajstić information content (AvgIpc) is 2.92. The van der Waals surface area contributed by atoms with Crippen molar-refractivity contribution >= 4 is 23.0 Å². The SMILES string of the molecule is Cc1nc(-c2ccc(Oc3ccccc3)c(N)c2)sc1C(=O)O. The smallest absolute Gasteiger partial charge is 0.347 e. The van der Waals surface area contributed by atoms with Crippen LogP contribution in [-0.2, 0) is 0 Å². The van der Waals surface area contributed by atoms with Crippen molar-refractivity contribution in [2.24, 2.45) is 0 Å². The second-order valence-electron chi connectivity index (χ2n) is 4.91. The average molecular weight is 326 g/mol. The zero-order chi connectivity index (χ0) is 16.4. The number of anilines is 1. The van der Waals surface area contributed by atoms with Crippen LogP contribution >= 0.6 is 11.3 Å². The Balaban J connectivity index is 1.90. The molecule has 0 aliphatic carbocycles. The van der Waals surface area contributed by atoms with Crippen LogP contribution in [0.4, 0.5) is 5.69 Å². The number of aromatic nitrogens is 1. The number of aromatic carboxylic acids is 1. The van der Waals surface area contributed by atoms with Crippen LogP contribution in [0.15, 0.2) is 48.5 Å². The molecule has 0 unspecified atom stereocenters. The molecule has 3 N–H and O–H groups in total. The van der Waals surface area contributed by atoms with Gasteiger partial charge in [0, 0.05) is 5.56 Å². The molecule has 0 spiro atoms. The molecule has 116 valence electrons. The van der Waals surface area contributed by atoms with Crippen LogP contribution in [0.3, 0.4) is 0 Å². The molecule has 0 aliphatic rings. The minimum absolute atomic E-state index is 0.239. The number of carboxylic acid groups (broad SMARTS) is 1. The normalized spacial score (nSPS) is 10.5. The number of para-hydroxylation sites is 1. The molecule has 23 heavy (non-hydrogen) atoms. The van der Waals surface area contributed by atoms with Gasteiger partial charge in [-0.2, -0.15) is 0 Å². The Hall–Kier alpha value is -2.86. The van der Waals surface area contributed by atoms with Gasteiger partial charge in [0.15, 0.2) is 0 Å². The minimum atomic E-state index is -0.969. The number of carbonyl (C=O) groups is 1. The van der Waals surface area contributed by atoms with Crippen molar-refractivity contribution in [3.05, 3.63) is 59.1 Å².